The SMILES string of the molecule is CNc1cc(-c2ccc(OCCC3CN(OC)C3)c(C(F)(F)F)c2)nc(C#N)c1N. The van der Waals surface area contributed by atoms with Crippen molar-refractivity contribution in [3.63, 3.8) is 0 Å². The molecule has 2 heterocycles. The molecule has 7 nitrogen and oxygen atoms in total. The summed E-state index contributed by atoms with van der Waals surface area (Å²) in [5.74, 6) is 0.0980. The highest BCUT2D eigenvalue weighted by atomic mass is 19.4. The van der Waals surface area contributed by atoms with Crippen LogP contribution in [0, 0.1) is 17.2 Å². The smallest absolute Gasteiger partial charge is 0.419 e. The van der Waals surface area contributed by atoms with Gasteiger partial charge in [0.25, 0.3) is 0 Å². The number of nitriles is 1. The molecule has 3 rings (SSSR count). The second-order valence-corrected chi connectivity index (χ2v) is 6.92. The van der Waals surface area contributed by atoms with Crippen LogP contribution in [0.3, 0.4) is 0 Å². The Hall–Kier alpha value is -3.03. The van der Waals surface area contributed by atoms with Crippen LogP contribution in [0.5, 0.6) is 5.75 Å². The van der Waals surface area contributed by atoms with Crippen molar-refractivity contribution in [2.45, 2.75) is 12.6 Å². The number of alkyl halides is 3. The van der Waals surface area contributed by atoms with Crippen molar-refractivity contribution < 1.29 is 22.7 Å². The van der Waals surface area contributed by atoms with E-state index in [0.29, 0.717) is 18.0 Å². The minimum absolute atomic E-state index is 0.0589. The molecule has 3 N–H and O–H groups in total. The van der Waals surface area contributed by atoms with Gasteiger partial charge in [-0.25, -0.2) is 4.98 Å². The van der Waals surface area contributed by atoms with Gasteiger partial charge in [-0.2, -0.15) is 23.5 Å². The number of rotatable bonds is 7. The Bertz CT molecular complexity index is 953. The Morgan fingerprint density at radius 3 is 2.67 bits per heavy atom. The largest absolute Gasteiger partial charge is 0.493 e. The molecule has 0 atom stereocenters. The van der Waals surface area contributed by atoms with Gasteiger partial charge in [0.15, 0.2) is 5.69 Å². The van der Waals surface area contributed by atoms with Crippen molar-refractivity contribution in [3.05, 3.63) is 35.5 Å². The first-order valence-electron chi connectivity index (χ1n) is 9.28. The summed E-state index contributed by atoms with van der Waals surface area (Å²) in [6.45, 7) is 1.65. The number of hydroxylamine groups is 2. The fourth-order valence-corrected chi connectivity index (χ4v) is 3.22. The topological polar surface area (TPSA) is 96.4 Å². The Morgan fingerprint density at radius 1 is 1.33 bits per heavy atom. The van der Waals surface area contributed by atoms with E-state index in [1.807, 2.05) is 6.07 Å². The van der Waals surface area contributed by atoms with Crippen molar-refractivity contribution in [3.8, 4) is 23.1 Å². The Morgan fingerprint density at radius 2 is 2.07 bits per heavy atom. The van der Waals surface area contributed by atoms with Gasteiger partial charge >= 0.3 is 6.18 Å². The second kappa shape index (κ2) is 8.77. The van der Waals surface area contributed by atoms with Crippen molar-refractivity contribution in [1.29, 1.82) is 5.26 Å². The maximum Gasteiger partial charge on any atom is 0.419 e. The van der Waals surface area contributed by atoms with E-state index in [-0.39, 0.29) is 35.0 Å². The first-order valence-corrected chi connectivity index (χ1v) is 9.28. The number of halogens is 3. The molecule has 1 fully saturated rings. The molecule has 30 heavy (non-hydrogen) atoms. The van der Waals surface area contributed by atoms with E-state index < -0.39 is 11.7 Å². The van der Waals surface area contributed by atoms with Crippen LogP contribution in [0.1, 0.15) is 17.7 Å². The molecule has 0 amide bonds. The Kier molecular flexibility index (Phi) is 6.34. The second-order valence-electron chi connectivity index (χ2n) is 6.92. The lowest BCUT2D eigenvalue weighted by Gasteiger charge is -2.36. The van der Waals surface area contributed by atoms with Gasteiger partial charge in [0.2, 0.25) is 0 Å². The summed E-state index contributed by atoms with van der Waals surface area (Å²) in [6, 6.07) is 7.11. The van der Waals surface area contributed by atoms with Crippen LogP contribution >= 0.6 is 0 Å². The standard InChI is InChI=1S/C20H22F3N5O2/c1-26-16-8-15(27-17(9-24)19(16)25)13-3-4-18(14(7-13)20(21,22)23)30-6-5-12-10-28(11-12)29-2/h3-4,7-8,12H,5-6,10-11,25H2,1-2H3,(H,26,27). The maximum atomic E-state index is 13.7. The molecule has 10 heteroatoms. The number of nitrogens with two attached hydrogens (primary N) is 1. The number of pyridine rings is 1. The van der Waals surface area contributed by atoms with Gasteiger partial charge in [0, 0.05) is 25.7 Å². The average Bonchev–Trinajstić information content (AvgIpc) is 2.69. The molecule has 160 valence electrons. The Labute approximate surface area is 172 Å². The highest BCUT2D eigenvalue weighted by molar-refractivity contribution is 5.77. The highest BCUT2D eigenvalue weighted by Crippen LogP contribution is 2.39. The first-order chi connectivity index (χ1) is 14.3. The first kappa shape index (κ1) is 21.7. The molecule has 0 saturated carbocycles. The predicted molar refractivity (Wildman–Crippen MR) is 106 cm³/mol. The lowest BCUT2D eigenvalue weighted by Crippen LogP contribution is -2.46. The summed E-state index contributed by atoms with van der Waals surface area (Å²) < 4.78 is 46.4. The van der Waals surface area contributed by atoms with Gasteiger partial charge in [-0.3, -0.25) is 0 Å². The molecule has 1 aromatic carbocycles. The third-order valence-corrected chi connectivity index (χ3v) is 4.98. The number of anilines is 2. The Balaban J connectivity index is 1.84. The monoisotopic (exact) mass is 421 g/mol. The van der Waals surface area contributed by atoms with E-state index >= 15 is 0 Å². The average molecular weight is 421 g/mol. The predicted octanol–water partition coefficient (Wildman–Crippen LogP) is 3.53. The molecule has 2 aromatic rings. The van der Waals surface area contributed by atoms with Crippen LogP contribution in [0.2, 0.25) is 0 Å². The van der Waals surface area contributed by atoms with Crippen LogP contribution in [0.25, 0.3) is 11.3 Å². The molecule has 1 aliphatic rings. The molecule has 1 aliphatic heterocycles. The van der Waals surface area contributed by atoms with E-state index in [4.69, 9.17) is 15.3 Å². The number of benzene rings is 1. The van der Waals surface area contributed by atoms with Gasteiger partial charge < -0.3 is 20.6 Å². The van der Waals surface area contributed by atoms with Crippen LogP contribution < -0.4 is 15.8 Å². The number of hydrogen-bond donors (Lipinski definition) is 2. The summed E-state index contributed by atoms with van der Waals surface area (Å²) in [7, 11) is 3.18. The number of nitrogen functional groups attached to an aromatic ring is 1. The summed E-state index contributed by atoms with van der Waals surface area (Å²) >= 11 is 0. The van der Waals surface area contributed by atoms with E-state index in [0.717, 1.165) is 19.2 Å². The fourth-order valence-electron chi connectivity index (χ4n) is 3.22. The zero-order valence-electron chi connectivity index (χ0n) is 16.6. The normalized spacial score (nSPS) is 14.8. The fraction of sp³-hybridized carbons (Fsp3) is 0.400. The van der Waals surface area contributed by atoms with Crippen molar-refractivity contribution in [2.75, 3.05) is 44.9 Å². The summed E-state index contributed by atoms with van der Waals surface area (Å²) in [4.78, 5) is 9.14. The quantitative estimate of drug-likeness (QED) is 0.706. The molecular weight excluding hydrogens is 399 g/mol. The van der Waals surface area contributed by atoms with E-state index in [1.165, 1.54) is 18.2 Å². The lowest BCUT2D eigenvalue weighted by molar-refractivity contribution is -0.199. The number of aromatic nitrogens is 1. The number of ether oxygens (including phenoxy) is 1. The molecule has 0 bridgehead atoms. The third kappa shape index (κ3) is 4.58. The number of nitrogens with one attached hydrogen (secondary N) is 1. The summed E-state index contributed by atoms with van der Waals surface area (Å²) in [5, 5.41) is 13.8. The minimum Gasteiger partial charge on any atom is -0.493 e. The number of hydrogen-bond acceptors (Lipinski definition) is 7. The van der Waals surface area contributed by atoms with Gasteiger partial charge in [-0.15, -0.1) is 0 Å². The molecule has 0 unspecified atom stereocenters. The third-order valence-electron chi connectivity index (χ3n) is 4.98. The molecule has 0 radical (unpaired) electrons. The lowest BCUT2D eigenvalue weighted by atomic mass is 9.99. The maximum absolute atomic E-state index is 13.7. The minimum atomic E-state index is -4.60. The zero-order chi connectivity index (χ0) is 21.9. The number of nitrogens with zero attached hydrogens (tertiary/aromatic N) is 3. The molecular formula is C20H22F3N5O2. The van der Waals surface area contributed by atoms with Crippen LogP contribution in [-0.2, 0) is 11.0 Å². The molecule has 0 aliphatic carbocycles. The molecule has 1 saturated heterocycles. The van der Waals surface area contributed by atoms with Crippen LogP contribution in [0.15, 0.2) is 24.3 Å². The van der Waals surface area contributed by atoms with Crippen LogP contribution in [0.4, 0.5) is 24.5 Å². The van der Waals surface area contributed by atoms with Gasteiger partial charge in [-0.1, -0.05) is 0 Å². The van der Waals surface area contributed by atoms with Crippen molar-refractivity contribution in [1.82, 2.24) is 10.0 Å². The summed E-state index contributed by atoms with van der Waals surface area (Å²) in [5.41, 5.74) is 5.84. The molecule has 0 spiro atoms. The van der Waals surface area contributed by atoms with Gasteiger partial charge in [0.05, 0.1) is 36.3 Å². The van der Waals surface area contributed by atoms with E-state index in [9.17, 15) is 18.4 Å². The van der Waals surface area contributed by atoms with Crippen molar-refractivity contribution in [2.24, 2.45) is 5.92 Å². The van der Waals surface area contributed by atoms with Gasteiger partial charge in [0.1, 0.15) is 11.8 Å². The van der Waals surface area contributed by atoms with E-state index in [2.05, 4.69) is 10.3 Å². The summed E-state index contributed by atoms with van der Waals surface area (Å²) in [6.07, 6.45) is -3.97. The van der Waals surface area contributed by atoms with Gasteiger partial charge in [-0.05, 0) is 36.6 Å². The van der Waals surface area contributed by atoms with Crippen LogP contribution in [-0.4, -0.2) is 43.9 Å². The van der Waals surface area contributed by atoms with Crippen molar-refractivity contribution >= 4 is 11.4 Å². The zero-order valence-corrected chi connectivity index (χ0v) is 16.6. The van der Waals surface area contributed by atoms with E-state index in [1.54, 1.807) is 19.2 Å². The molecule has 1 aromatic heterocycles. The highest BCUT2D eigenvalue weighted by Gasteiger charge is 2.35.